The number of aryl methyl sites for hydroxylation is 2. The maximum absolute atomic E-state index is 13.1. The van der Waals surface area contributed by atoms with Crippen LogP contribution in [0.1, 0.15) is 99.3 Å². The second-order valence-electron chi connectivity index (χ2n) is 12.2. The van der Waals surface area contributed by atoms with Crippen molar-refractivity contribution in [2.45, 2.75) is 84.7 Å². The summed E-state index contributed by atoms with van der Waals surface area (Å²) >= 11 is 0. The molecule has 1 aliphatic carbocycles. The van der Waals surface area contributed by atoms with E-state index in [0.717, 1.165) is 65.0 Å². The molecule has 41 heavy (non-hydrogen) atoms. The lowest BCUT2D eigenvalue weighted by molar-refractivity contribution is 0.0921. The van der Waals surface area contributed by atoms with Crippen molar-refractivity contribution in [3.8, 4) is 22.5 Å². The van der Waals surface area contributed by atoms with Gasteiger partial charge in [0.25, 0.3) is 11.7 Å². The van der Waals surface area contributed by atoms with Crippen LogP contribution in [-0.2, 0) is 11.8 Å². The number of aromatic nitrogens is 7. The lowest BCUT2D eigenvalue weighted by Crippen LogP contribution is -2.29. The highest BCUT2D eigenvalue weighted by molar-refractivity contribution is 5.92. The Morgan fingerprint density at radius 2 is 1.98 bits per heavy atom. The van der Waals surface area contributed by atoms with Crippen LogP contribution in [-0.4, -0.2) is 40.8 Å². The van der Waals surface area contributed by atoms with E-state index in [-0.39, 0.29) is 29.2 Å². The van der Waals surface area contributed by atoms with Gasteiger partial charge in [0.15, 0.2) is 5.65 Å². The standard InChI is InChI=1S/C31H36N8O2/c1-17(2)39-16-23(18(3)37-39)26-34-25-22(13-14-32-27(25)35-26)20-11-12-21-19(15-20)9-7-8-10-24(21)33-29(40)28-36-30(41-38-28)31(4,5)6/h11-17,24H,7-10H2,1-6H3,(H,33,40)(H,32,34,35)/t24-/m0/s1. The number of hydrogen-bond acceptors (Lipinski definition) is 7. The largest absolute Gasteiger partial charge is 0.342 e. The molecule has 2 N–H and O–H groups in total. The zero-order valence-electron chi connectivity index (χ0n) is 24.4. The van der Waals surface area contributed by atoms with Crippen molar-refractivity contribution < 1.29 is 9.32 Å². The number of benzene rings is 1. The zero-order chi connectivity index (χ0) is 28.9. The SMILES string of the molecule is Cc1nn(C(C)C)cc1-c1nc2nccc(-c3ccc4c(c3)CCCC[C@@H]4NC(=O)c3noc(C(C)(C)C)n3)c2[nH]1. The third-order valence-corrected chi connectivity index (χ3v) is 7.69. The number of imidazole rings is 1. The molecule has 212 valence electrons. The van der Waals surface area contributed by atoms with E-state index in [2.05, 4.69) is 62.6 Å². The molecule has 10 nitrogen and oxygen atoms in total. The maximum Gasteiger partial charge on any atom is 0.293 e. The normalized spacial score (nSPS) is 15.7. The molecule has 1 atom stereocenters. The number of rotatable bonds is 5. The lowest BCUT2D eigenvalue weighted by atomic mass is 9.94. The van der Waals surface area contributed by atoms with E-state index < -0.39 is 0 Å². The van der Waals surface area contributed by atoms with Crippen molar-refractivity contribution in [1.82, 2.24) is 40.2 Å². The lowest BCUT2D eigenvalue weighted by Gasteiger charge is -2.19. The minimum Gasteiger partial charge on any atom is -0.342 e. The molecule has 0 radical (unpaired) electrons. The molecular formula is C31H36N8O2. The van der Waals surface area contributed by atoms with Crippen LogP contribution < -0.4 is 5.32 Å². The van der Waals surface area contributed by atoms with Crippen LogP contribution in [0.15, 0.2) is 41.2 Å². The molecule has 0 fully saturated rings. The van der Waals surface area contributed by atoms with Gasteiger partial charge in [0, 0.05) is 29.4 Å². The predicted molar refractivity (Wildman–Crippen MR) is 156 cm³/mol. The smallest absolute Gasteiger partial charge is 0.293 e. The van der Waals surface area contributed by atoms with Crippen molar-refractivity contribution >= 4 is 17.1 Å². The third kappa shape index (κ3) is 5.14. The summed E-state index contributed by atoms with van der Waals surface area (Å²) in [7, 11) is 0. The number of hydrogen-bond donors (Lipinski definition) is 2. The Balaban J connectivity index is 1.31. The van der Waals surface area contributed by atoms with Crippen LogP contribution in [0.2, 0.25) is 0 Å². The molecule has 1 aliphatic rings. The first-order valence-electron chi connectivity index (χ1n) is 14.3. The van der Waals surface area contributed by atoms with E-state index in [1.54, 1.807) is 6.20 Å². The van der Waals surface area contributed by atoms with Crippen LogP contribution in [0.25, 0.3) is 33.7 Å². The highest BCUT2D eigenvalue weighted by Gasteiger charge is 2.27. The molecule has 0 spiro atoms. The van der Waals surface area contributed by atoms with Gasteiger partial charge in [-0.2, -0.15) is 10.1 Å². The quantitative estimate of drug-likeness (QED) is 0.247. The van der Waals surface area contributed by atoms with Gasteiger partial charge in [-0.25, -0.2) is 9.97 Å². The van der Waals surface area contributed by atoms with E-state index >= 15 is 0 Å². The predicted octanol–water partition coefficient (Wildman–Crippen LogP) is 6.26. The van der Waals surface area contributed by atoms with Crippen LogP contribution in [0, 0.1) is 6.92 Å². The number of carbonyl (C=O) groups is 1. The average molecular weight is 553 g/mol. The van der Waals surface area contributed by atoms with E-state index in [0.29, 0.717) is 11.5 Å². The molecule has 1 aromatic carbocycles. The first-order chi connectivity index (χ1) is 19.6. The van der Waals surface area contributed by atoms with Crippen LogP contribution in [0.3, 0.4) is 0 Å². The summed E-state index contributed by atoms with van der Waals surface area (Å²) in [4.78, 5) is 30.3. The van der Waals surface area contributed by atoms with Gasteiger partial charge in [-0.05, 0) is 62.8 Å². The Hall–Kier alpha value is -4.34. The minimum atomic E-state index is -0.320. The molecule has 10 heteroatoms. The number of carbonyl (C=O) groups excluding carboxylic acids is 1. The Kier molecular flexibility index (Phi) is 6.71. The molecule has 0 bridgehead atoms. The number of nitrogens with one attached hydrogen (secondary N) is 2. The summed E-state index contributed by atoms with van der Waals surface area (Å²) < 4.78 is 7.30. The highest BCUT2D eigenvalue weighted by atomic mass is 16.5. The zero-order valence-corrected chi connectivity index (χ0v) is 24.4. The molecule has 0 saturated heterocycles. The fourth-order valence-electron chi connectivity index (χ4n) is 5.40. The number of H-pyrrole nitrogens is 1. The van der Waals surface area contributed by atoms with Gasteiger partial charge >= 0.3 is 0 Å². The topological polar surface area (TPSA) is 127 Å². The third-order valence-electron chi connectivity index (χ3n) is 7.69. The highest BCUT2D eigenvalue weighted by Crippen LogP contribution is 2.35. The van der Waals surface area contributed by atoms with Crippen molar-refractivity contribution in [2.24, 2.45) is 0 Å². The minimum absolute atomic E-state index is 0.0701. The summed E-state index contributed by atoms with van der Waals surface area (Å²) in [5, 5.41) is 11.7. The van der Waals surface area contributed by atoms with Gasteiger partial charge in [0.1, 0.15) is 5.82 Å². The first-order valence-corrected chi connectivity index (χ1v) is 14.3. The molecule has 4 aromatic heterocycles. The van der Waals surface area contributed by atoms with Crippen LogP contribution >= 0.6 is 0 Å². The monoisotopic (exact) mass is 552 g/mol. The molecule has 1 amide bonds. The van der Waals surface area contributed by atoms with E-state index in [4.69, 9.17) is 9.51 Å². The first kappa shape index (κ1) is 26.9. The second-order valence-corrected chi connectivity index (χ2v) is 12.2. The van der Waals surface area contributed by atoms with Crippen molar-refractivity contribution in [1.29, 1.82) is 0 Å². The molecule has 0 saturated carbocycles. The van der Waals surface area contributed by atoms with Crippen molar-refractivity contribution in [3.05, 3.63) is 65.2 Å². The fraction of sp³-hybridized carbons (Fsp3) is 0.419. The Morgan fingerprint density at radius 3 is 2.71 bits per heavy atom. The van der Waals surface area contributed by atoms with Gasteiger partial charge in [-0.15, -0.1) is 0 Å². The van der Waals surface area contributed by atoms with Gasteiger partial charge in [0.2, 0.25) is 5.89 Å². The summed E-state index contributed by atoms with van der Waals surface area (Å²) in [5.41, 5.74) is 7.62. The van der Waals surface area contributed by atoms with Crippen molar-refractivity contribution in [2.75, 3.05) is 0 Å². The Bertz CT molecular complexity index is 1740. The van der Waals surface area contributed by atoms with Gasteiger partial charge < -0.3 is 14.8 Å². The van der Waals surface area contributed by atoms with E-state index in [1.807, 2.05) is 44.6 Å². The number of nitrogens with zero attached hydrogens (tertiary/aromatic N) is 6. The summed E-state index contributed by atoms with van der Waals surface area (Å²) in [6, 6.07) is 8.66. The number of amides is 1. The summed E-state index contributed by atoms with van der Waals surface area (Å²) in [5.74, 6) is 0.963. The van der Waals surface area contributed by atoms with Gasteiger partial charge in [0.05, 0.1) is 22.8 Å². The Labute approximate surface area is 239 Å². The van der Waals surface area contributed by atoms with E-state index in [1.165, 1.54) is 5.56 Å². The maximum atomic E-state index is 13.1. The van der Waals surface area contributed by atoms with E-state index in [9.17, 15) is 4.79 Å². The fourth-order valence-corrected chi connectivity index (χ4v) is 5.40. The van der Waals surface area contributed by atoms with Crippen LogP contribution in [0.4, 0.5) is 0 Å². The molecule has 6 rings (SSSR count). The summed E-state index contributed by atoms with van der Waals surface area (Å²) in [6.45, 7) is 12.1. The molecule has 0 unspecified atom stereocenters. The number of pyridine rings is 1. The molecule has 5 aromatic rings. The van der Waals surface area contributed by atoms with Gasteiger partial charge in [-0.1, -0.05) is 50.5 Å². The van der Waals surface area contributed by atoms with Crippen molar-refractivity contribution in [3.63, 3.8) is 0 Å². The second kappa shape index (κ2) is 10.2. The van der Waals surface area contributed by atoms with Crippen LogP contribution in [0.5, 0.6) is 0 Å². The molecular weight excluding hydrogens is 516 g/mol. The van der Waals surface area contributed by atoms with Gasteiger partial charge in [-0.3, -0.25) is 9.48 Å². The number of aromatic amines is 1. The average Bonchev–Trinajstić information content (AvgIpc) is 3.65. The summed E-state index contributed by atoms with van der Waals surface area (Å²) in [6.07, 6.45) is 7.71. The molecule has 4 heterocycles. The number of fused-ring (bicyclic) bond motifs is 2. The molecule has 0 aliphatic heterocycles. The Morgan fingerprint density at radius 1 is 1.15 bits per heavy atom.